The van der Waals surface area contributed by atoms with Crippen molar-refractivity contribution in [3.05, 3.63) is 35.9 Å². The van der Waals surface area contributed by atoms with Crippen LogP contribution in [0.1, 0.15) is 11.6 Å². The summed E-state index contributed by atoms with van der Waals surface area (Å²) >= 11 is 0. The Kier molecular flexibility index (Phi) is 5.22. The molecule has 1 N–H and O–H groups in total. The fraction of sp³-hybridized carbons (Fsp3) is 0.467. The van der Waals surface area contributed by atoms with Gasteiger partial charge in [-0.3, -0.25) is 4.90 Å². The van der Waals surface area contributed by atoms with Crippen LogP contribution in [-0.4, -0.2) is 44.8 Å². The first kappa shape index (κ1) is 13.1. The summed E-state index contributed by atoms with van der Waals surface area (Å²) in [7, 11) is 1.95. The highest BCUT2D eigenvalue weighted by Gasteiger charge is 2.08. The second-order valence-corrected chi connectivity index (χ2v) is 4.34. The van der Waals surface area contributed by atoms with Gasteiger partial charge >= 0.3 is 0 Å². The van der Waals surface area contributed by atoms with Gasteiger partial charge in [0.1, 0.15) is 0 Å². The molecule has 1 unspecified atom stereocenters. The summed E-state index contributed by atoms with van der Waals surface area (Å²) in [5, 5.41) is 3.24. The molecule has 1 aromatic carbocycles. The number of rotatable bonds is 3. The number of hydrogen-bond donors (Lipinski definition) is 1. The monoisotopic (exact) mass is 244 g/mol. The highest BCUT2D eigenvalue weighted by molar-refractivity contribution is 5.27. The average Bonchev–Trinajstić information content (AvgIpc) is 2.46. The van der Waals surface area contributed by atoms with Crippen LogP contribution in [0, 0.1) is 11.8 Å². The molecule has 0 saturated carbocycles. The second-order valence-electron chi connectivity index (χ2n) is 4.34. The molecule has 0 spiro atoms. The zero-order valence-corrected chi connectivity index (χ0v) is 10.9. The smallest absolute Gasteiger partial charge is 0.0943 e. The molecule has 2 rings (SSSR count). The number of nitrogens with one attached hydrogen (secondary N) is 1. The van der Waals surface area contributed by atoms with E-state index in [0.29, 0.717) is 0 Å². The maximum absolute atomic E-state index is 5.32. The zero-order chi connectivity index (χ0) is 12.6. The molecular formula is C15H20N2O. The number of benzene rings is 1. The van der Waals surface area contributed by atoms with E-state index in [-0.39, 0.29) is 6.04 Å². The molecule has 1 aliphatic rings. The molecule has 1 aromatic rings. The van der Waals surface area contributed by atoms with E-state index in [1.54, 1.807) is 0 Å². The topological polar surface area (TPSA) is 24.5 Å². The van der Waals surface area contributed by atoms with Crippen LogP contribution >= 0.6 is 0 Å². The zero-order valence-electron chi connectivity index (χ0n) is 10.9. The van der Waals surface area contributed by atoms with E-state index in [2.05, 4.69) is 34.2 Å². The largest absolute Gasteiger partial charge is 0.379 e. The van der Waals surface area contributed by atoms with Crippen molar-refractivity contribution in [2.75, 3.05) is 39.9 Å². The quantitative estimate of drug-likeness (QED) is 0.811. The van der Waals surface area contributed by atoms with Crippen molar-refractivity contribution in [3.8, 4) is 11.8 Å². The van der Waals surface area contributed by atoms with Gasteiger partial charge in [0, 0.05) is 13.1 Å². The van der Waals surface area contributed by atoms with E-state index >= 15 is 0 Å². The van der Waals surface area contributed by atoms with Crippen molar-refractivity contribution in [1.82, 2.24) is 10.2 Å². The van der Waals surface area contributed by atoms with Gasteiger partial charge in [-0.05, 0) is 12.6 Å². The van der Waals surface area contributed by atoms with Crippen LogP contribution < -0.4 is 5.32 Å². The highest BCUT2D eigenvalue weighted by atomic mass is 16.5. The van der Waals surface area contributed by atoms with Gasteiger partial charge < -0.3 is 10.1 Å². The minimum atomic E-state index is 0.118. The molecular weight excluding hydrogens is 224 g/mol. The van der Waals surface area contributed by atoms with E-state index < -0.39 is 0 Å². The van der Waals surface area contributed by atoms with Gasteiger partial charge in [0.25, 0.3) is 0 Å². The van der Waals surface area contributed by atoms with Crippen LogP contribution in [0.15, 0.2) is 30.3 Å². The van der Waals surface area contributed by atoms with Gasteiger partial charge in [-0.25, -0.2) is 0 Å². The summed E-state index contributed by atoms with van der Waals surface area (Å²) in [6, 6.07) is 10.4. The van der Waals surface area contributed by atoms with E-state index in [0.717, 1.165) is 32.8 Å². The third-order valence-corrected chi connectivity index (χ3v) is 3.07. The van der Waals surface area contributed by atoms with Crippen LogP contribution in [-0.2, 0) is 4.74 Å². The van der Waals surface area contributed by atoms with Crippen molar-refractivity contribution in [3.63, 3.8) is 0 Å². The van der Waals surface area contributed by atoms with Crippen molar-refractivity contribution in [1.29, 1.82) is 0 Å². The van der Waals surface area contributed by atoms with E-state index in [1.807, 2.05) is 25.2 Å². The Balaban J connectivity index is 1.90. The predicted octanol–water partition coefficient (Wildman–Crippen LogP) is 1.28. The molecule has 3 nitrogen and oxygen atoms in total. The Morgan fingerprint density at radius 2 is 2.00 bits per heavy atom. The predicted molar refractivity (Wildman–Crippen MR) is 73.3 cm³/mol. The normalized spacial score (nSPS) is 17.8. The Hall–Kier alpha value is -1.34. The molecule has 1 aliphatic heterocycles. The second kappa shape index (κ2) is 7.17. The molecule has 0 radical (unpaired) electrons. The molecule has 1 fully saturated rings. The lowest BCUT2D eigenvalue weighted by Crippen LogP contribution is -2.36. The van der Waals surface area contributed by atoms with Crippen LogP contribution in [0.3, 0.4) is 0 Å². The van der Waals surface area contributed by atoms with Crippen molar-refractivity contribution >= 4 is 0 Å². The SMILES string of the molecule is CNC(C#CCN1CCOCC1)c1ccccc1. The third kappa shape index (κ3) is 3.85. The number of morpholine rings is 1. The Morgan fingerprint density at radius 3 is 2.67 bits per heavy atom. The van der Waals surface area contributed by atoms with Gasteiger partial charge in [-0.1, -0.05) is 42.2 Å². The van der Waals surface area contributed by atoms with Gasteiger partial charge in [-0.15, -0.1) is 0 Å². The molecule has 3 heteroatoms. The van der Waals surface area contributed by atoms with E-state index in [1.165, 1.54) is 5.56 Å². The first-order valence-corrected chi connectivity index (χ1v) is 6.41. The minimum absolute atomic E-state index is 0.118. The van der Waals surface area contributed by atoms with Gasteiger partial charge in [0.15, 0.2) is 0 Å². The fourth-order valence-corrected chi connectivity index (χ4v) is 1.99. The molecule has 0 aromatic heterocycles. The molecule has 0 amide bonds. The summed E-state index contributed by atoms with van der Waals surface area (Å²) in [5.74, 6) is 6.55. The number of hydrogen-bond acceptors (Lipinski definition) is 3. The Morgan fingerprint density at radius 1 is 1.28 bits per heavy atom. The van der Waals surface area contributed by atoms with E-state index in [9.17, 15) is 0 Å². The summed E-state index contributed by atoms with van der Waals surface area (Å²) in [4.78, 5) is 2.33. The fourth-order valence-electron chi connectivity index (χ4n) is 1.99. The molecule has 1 saturated heterocycles. The van der Waals surface area contributed by atoms with Crippen LogP contribution in [0.25, 0.3) is 0 Å². The molecule has 96 valence electrons. The molecule has 18 heavy (non-hydrogen) atoms. The summed E-state index contributed by atoms with van der Waals surface area (Å²) in [5.41, 5.74) is 1.22. The summed E-state index contributed by atoms with van der Waals surface area (Å²) < 4.78 is 5.32. The highest BCUT2D eigenvalue weighted by Crippen LogP contribution is 2.10. The summed E-state index contributed by atoms with van der Waals surface area (Å²) in [6.45, 7) is 4.47. The lowest BCUT2D eigenvalue weighted by atomic mass is 10.1. The summed E-state index contributed by atoms with van der Waals surface area (Å²) in [6.07, 6.45) is 0. The third-order valence-electron chi connectivity index (χ3n) is 3.07. The van der Waals surface area contributed by atoms with Crippen molar-refractivity contribution in [2.24, 2.45) is 0 Å². The number of ether oxygens (including phenoxy) is 1. The molecule has 1 heterocycles. The molecule has 0 aliphatic carbocycles. The Bertz CT molecular complexity index is 401. The van der Waals surface area contributed by atoms with Crippen LogP contribution in [0.2, 0.25) is 0 Å². The Labute approximate surface area is 109 Å². The lowest BCUT2D eigenvalue weighted by molar-refractivity contribution is 0.0443. The maximum Gasteiger partial charge on any atom is 0.0943 e. The van der Waals surface area contributed by atoms with Gasteiger partial charge in [0.2, 0.25) is 0 Å². The minimum Gasteiger partial charge on any atom is -0.379 e. The first-order chi connectivity index (χ1) is 8.90. The van der Waals surface area contributed by atoms with Gasteiger partial charge in [-0.2, -0.15) is 0 Å². The standard InChI is InChI=1S/C15H20N2O/c1-16-15(14-6-3-2-4-7-14)8-5-9-17-10-12-18-13-11-17/h2-4,6-7,15-16H,9-13H2,1H3. The average molecular weight is 244 g/mol. The van der Waals surface area contributed by atoms with Crippen molar-refractivity contribution < 1.29 is 4.74 Å². The molecule has 1 atom stereocenters. The first-order valence-electron chi connectivity index (χ1n) is 6.41. The maximum atomic E-state index is 5.32. The molecule has 0 bridgehead atoms. The van der Waals surface area contributed by atoms with Crippen LogP contribution in [0.4, 0.5) is 0 Å². The van der Waals surface area contributed by atoms with Gasteiger partial charge in [0.05, 0.1) is 25.8 Å². The van der Waals surface area contributed by atoms with Crippen molar-refractivity contribution in [2.45, 2.75) is 6.04 Å². The number of nitrogens with zero attached hydrogens (tertiary/aromatic N) is 1. The van der Waals surface area contributed by atoms with E-state index in [4.69, 9.17) is 4.74 Å². The van der Waals surface area contributed by atoms with Crippen LogP contribution in [0.5, 0.6) is 0 Å². The lowest BCUT2D eigenvalue weighted by Gasteiger charge is -2.24.